The summed E-state index contributed by atoms with van der Waals surface area (Å²) in [7, 11) is 0. The predicted octanol–water partition coefficient (Wildman–Crippen LogP) is 2.50. The maximum Gasteiger partial charge on any atom is 0.306 e. The van der Waals surface area contributed by atoms with Crippen LogP contribution in [-0.4, -0.2) is 16.2 Å². The summed E-state index contributed by atoms with van der Waals surface area (Å²) >= 11 is 0. The molecule has 2 N–H and O–H groups in total. The van der Waals surface area contributed by atoms with Gasteiger partial charge in [0.15, 0.2) is 0 Å². The minimum atomic E-state index is -1.20. The van der Waals surface area contributed by atoms with Crippen LogP contribution in [0.4, 0.5) is 8.78 Å². The van der Waals surface area contributed by atoms with Crippen molar-refractivity contribution < 1.29 is 23.8 Å². The highest BCUT2D eigenvalue weighted by Crippen LogP contribution is 2.41. The van der Waals surface area contributed by atoms with Gasteiger partial charge in [0.2, 0.25) is 0 Å². The molecule has 0 aromatic heterocycles. The van der Waals surface area contributed by atoms with Crippen molar-refractivity contribution in [3.63, 3.8) is 0 Å². The summed E-state index contributed by atoms with van der Waals surface area (Å²) in [4.78, 5) is 11.0. The number of carboxylic acids is 1. The van der Waals surface area contributed by atoms with Crippen LogP contribution in [0.2, 0.25) is 0 Å². The molecule has 0 spiro atoms. The van der Waals surface area contributed by atoms with E-state index in [4.69, 9.17) is 5.11 Å². The van der Waals surface area contributed by atoms with Crippen molar-refractivity contribution in [1.29, 1.82) is 0 Å². The Balaban J connectivity index is 2.25. The fraction of sp³-hybridized carbons (Fsp3) is 0.462. The van der Waals surface area contributed by atoms with E-state index in [-0.39, 0.29) is 5.56 Å². The zero-order chi connectivity index (χ0) is 13.3. The molecule has 1 aliphatic carbocycles. The molecule has 1 aromatic carbocycles. The molecule has 0 saturated heterocycles. The Bertz CT molecular complexity index is 462. The second-order valence-electron chi connectivity index (χ2n) is 4.65. The molecule has 3 nitrogen and oxygen atoms in total. The predicted molar refractivity (Wildman–Crippen MR) is 59.8 cm³/mol. The van der Waals surface area contributed by atoms with E-state index in [0.717, 1.165) is 6.07 Å². The maximum atomic E-state index is 13.5. The highest BCUT2D eigenvalue weighted by atomic mass is 19.1. The number of halogens is 2. The van der Waals surface area contributed by atoms with Gasteiger partial charge < -0.3 is 10.2 Å². The molecule has 1 fully saturated rings. The standard InChI is InChI=1S/C13H14F2O3/c14-7-4-5-10(11(15)6-7)12(16)8-2-1-3-9(8)13(17)18/h4-6,8-9,12,16H,1-3H2,(H,17,18). The summed E-state index contributed by atoms with van der Waals surface area (Å²) in [6.07, 6.45) is 0.519. The largest absolute Gasteiger partial charge is 0.481 e. The summed E-state index contributed by atoms with van der Waals surface area (Å²) in [5.41, 5.74) is -0.0328. The maximum absolute atomic E-state index is 13.5. The van der Waals surface area contributed by atoms with E-state index >= 15 is 0 Å². The molecule has 1 saturated carbocycles. The molecule has 3 atom stereocenters. The quantitative estimate of drug-likeness (QED) is 0.873. The van der Waals surface area contributed by atoms with Crippen LogP contribution in [-0.2, 0) is 4.79 Å². The Morgan fingerprint density at radius 2 is 2.06 bits per heavy atom. The van der Waals surface area contributed by atoms with Gasteiger partial charge in [-0.05, 0) is 18.9 Å². The Kier molecular flexibility index (Phi) is 3.61. The Morgan fingerprint density at radius 1 is 1.33 bits per heavy atom. The first-order chi connectivity index (χ1) is 8.50. The molecule has 0 heterocycles. The molecule has 0 amide bonds. The van der Waals surface area contributed by atoms with Crippen molar-refractivity contribution in [2.24, 2.45) is 11.8 Å². The Labute approximate surface area is 103 Å². The molecule has 1 aliphatic rings. The summed E-state index contributed by atoms with van der Waals surface area (Å²) < 4.78 is 26.3. The first-order valence-electron chi connectivity index (χ1n) is 5.86. The van der Waals surface area contributed by atoms with Gasteiger partial charge in [0.05, 0.1) is 12.0 Å². The summed E-state index contributed by atoms with van der Waals surface area (Å²) in [5.74, 6) is -3.70. The molecule has 98 valence electrons. The van der Waals surface area contributed by atoms with Crippen molar-refractivity contribution in [3.05, 3.63) is 35.4 Å². The first kappa shape index (κ1) is 13.0. The van der Waals surface area contributed by atoms with E-state index in [1.54, 1.807) is 0 Å². The van der Waals surface area contributed by atoms with Crippen LogP contribution >= 0.6 is 0 Å². The summed E-state index contributed by atoms with van der Waals surface area (Å²) in [5, 5.41) is 19.1. The SMILES string of the molecule is O=C(O)C1CCCC1C(O)c1ccc(F)cc1F. The Morgan fingerprint density at radius 3 is 2.67 bits per heavy atom. The van der Waals surface area contributed by atoms with Gasteiger partial charge in [-0.25, -0.2) is 8.78 Å². The van der Waals surface area contributed by atoms with E-state index < -0.39 is 35.5 Å². The third-order valence-corrected chi connectivity index (χ3v) is 3.57. The lowest BCUT2D eigenvalue weighted by Crippen LogP contribution is -2.24. The van der Waals surface area contributed by atoms with Crippen molar-refractivity contribution in [2.75, 3.05) is 0 Å². The summed E-state index contributed by atoms with van der Waals surface area (Å²) in [6, 6.07) is 2.93. The number of hydrogen-bond acceptors (Lipinski definition) is 2. The van der Waals surface area contributed by atoms with Crippen molar-refractivity contribution >= 4 is 5.97 Å². The second kappa shape index (κ2) is 5.02. The highest BCUT2D eigenvalue weighted by Gasteiger charge is 2.38. The van der Waals surface area contributed by atoms with Crippen LogP contribution in [0.3, 0.4) is 0 Å². The van der Waals surface area contributed by atoms with Crippen LogP contribution < -0.4 is 0 Å². The van der Waals surface area contributed by atoms with Crippen molar-refractivity contribution in [1.82, 2.24) is 0 Å². The van der Waals surface area contributed by atoms with Crippen LogP contribution in [0.25, 0.3) is 0 Å². The number of rotatable bonds is 3. The van der Waals surface area contributed by atoms with E-state index in [2.05, 4.69) is 0 Å². The smallest absolute Gasteiger partial charge is 0.306 e. The molecule has 5 heteroatoms. The van der Waals surface area contributed by atoms with Gasteiger partial charge in [-0.15, -0.1) is 0 Å². The number of aliphatic carboxylic acids is 1. The van der Waals surface area contributed by atoms with Gasteiger partial charge in [-0.3, -0.25) is 4.79 Å². The van der Waals surface area contributed by atoms with Gasteiger partial charge in [-0.1, -0.05) is 12.5 Å². The highest BCUT2D eigenvalue weighted by molar-refractivity contribution is 5.70. The fourth-order valence-electron chi connectivity index (χ4n) is 2.65. The first-order valence-corrected chi connectivity index (χ1v) is 5.86. The lowest BCUT2D eigenvalue weighted by molar-refractivity contribution is -0.144. The van der Waals surface area contributed by atoms with E-state index in [9.17, 15) is 18.7 Å². The number of benzene rings is 1. The van der Waals surface area contributed by atoms with Gasteiger partial charge >= 0.3 is 5.97 Å². The van der Waals surface area contributed by atoms with Crippen molar-refractivity contribution in [3.8, 4) is 0 Å². The molecule has 0 aliphatic heterocycles. The van der Waals surface area contributed by atoms with Gasteiger partial charge in [-0.2, -0.15) is 0 Å². The second-order valence-corrected chi connectivity index (χ2v) is 4.65. The molecule has 0 radical (unpaired) electrons. The molecule has 3 unspecified atom stereocenters. The number of carbonyl (C=O) groups is 1. The normalized spacial score (nSPS) is 25.1. The topological polar surface area (TPSA) is 57.5 Å². The number of hydrogen-bond donors (Lipinski definition) is 2. The van der Waals surface area contributed by atoms with E-state index in [1.807, 2.05) is 0 Å². The molecule has 2 rings (SSSR count). The summed E-state index contributed by atoms with van der Waals surface area (Å²) in [6.45, 7) is 0. The molecular formula is C13H14F2O3. The number of aliphatic hydroxyl groups excluding tert-OH is 1. The number of aliphatic hydroxyl groups is 1. The molecule has 1 aromatic rings. The van der Waals surface area contributed by atoms with E-state index in [1.165, 1.54) is 6.07 Å². The third kappa shape index (κ3) is 2.36. The van der Waals surface area contributed by atoms with Crippen LogP contribution in [0.15, 0.2) is 18.2 Å². The minimum absolute atomic E-state index is 0.0328. The monoisotopic (exact) mass is 256 g/mol. The van der Waals surface area contributed by atoms with Gasteiger partial charge in [0.25, 0.3) is 0 Å². The van der Waals surface area contributed by atoms with Crippen LogP contribution in [0.1, 0.15) is 30.9 Å². The minimum Gasteiger partial charge on any atom is -0.481 e. The molecular weight excluding hydrogens is 242 g/mol. The zero-order valence-electron chi connectivity index (χ0n) is 9.64. The molecule has 18 heavy (non-hydrogen) atoms. The lowest BCUT2D eigenvalue weighted by Gasteiger charge is -2.22. The third-order valence-electron chi connectivity index (χ3n) is 3.57. The lowest BCUT2D eigenvalue weighted by atomic mass is 9.87. The number of carboxylic acid groups (broad SMARTS) is 1. The van der Waals surface area contributed by atoms with Gasteiger partial charge in [0.1, 0.15) is 11.6 Å². The molecule has 0 bridgehead atoms. The van der Waals surface area contributed by atoms with Crippen molar-refractivity contribution in [2.45, 2.75) is 25.4 Å². The van der Waals surface area contributed by atoms with Crippen LogP contribution in [0.5, 0.6) is 0 Å². The van der Waals surface area contributed by atoms with E-state index in [0.29, 0.717) is 25.3 Å². The fourth-order valence-corrected chi connectivity index (χ4v) is 2.65. The van der Waals surface area contributed by atoms with Crippen LogP contribution in [0, 0.1) is 23.5 Å². The Hall–Kier alpha value is -1.49. The average molecular weight is 256 g/mol. The average Bonchev–Trinajstić information content (AvgIpc) is 2.77. The zero-order valence-corrected chi connectivity index (χ0v) is 9.64. The van der Waals surface area contributed by atoms with Gasteiger partial charge in [0, 0.05) is 17.5 Å².